The molecule has 23 heavy (non-hydrogen) atoms. The standard InChI is InChI=1S/C18H23N3O2/c1-12-5-13-7-17-14(6-16(13)20-8-12)11-21-15(3-4-23-17)9-19-10-18(21)22-2/h5-8,15,18-19H,3-4,9-11H2,1-2H3/t15?,18-/m1/s1. The van der Waals surface area contributed by atoms with Crippen molar-refractivity contribution in [2.24, 2.45) is 0 Å². The van der Waals surface area contributed by atoms with Gasteiger partial charge in [0, 0.05) is 49.9 Å². The molecule has 3 heterocycles. The number of piperazine rings is 1. The summed E-state index contributed by atoms with van der Waals surface area (Å²) in [4.78, 5) is 7.02. The van der Waals surface area contributed by atoms with Crippen LogP contribution >= 0.6 is 0 Å². The lowest BCUT2D eigenvalue weighted by atomic mass is 10.0. The van der Waals surface area contributed by atoms with Crippen molar-refractivity contribution in [3.8, 4) is 5.75 Å². The molecule has 0 radical (unpaired) electrons. The minimum atomic E-state index is 0.112. The summed E-state index contributed by atoms with van der Waals surface area (Å²) < 4.78 is 11.8. The monoisotopic (exact) mass is 313 g/mol. The number of fused-ring (bicyclic) bond motifs is 3. The summed E-state index contributed by atoms with van der Waals surface area (Å²) >= 11 is 0. The van der Waals surface area contributed by atoms with E-state index in [2.05, 4.69) is 40.3 Å². The second kappa shape index (κ2) is 6.07. The maximum absolute atomic E-state index is 6.07. The minimum absolute atomic E-state index is 0.112. The van der Waals surface area contributed by atoms with Crippen LogP contribution in [0.5, 0.6) is 5.75 Å². The molecule has 2 aliphatic heterocycles. The molecule has 1 unspecified atom stereocenters. The van der Waals surface area contributed by atoms with E-state index in [1.807, 2.05) is 6.20 Å². The van der Waals surface area contributed by atoms with E-state index < -0.39 is 0 Å². The summed E-state index contributed by atoms with van der Waals surface area (Å²) in [7, 11) is 1.79. The van der Waals surface area contributed by atoms with Crippen molar-refractivity contribution >= 4 is 10.9 Å². The molecular weight excluding hydrogens is 290 g/mol. The highest BCUT2D eigenvalue weighted by atomic mass is 16.5. The van der Waals surface area contributed by atoms with Gasteiger partial charge in [-0.2, -0.15) is 0 Å². The zero-order chi connectivity index (χ0) is 15.8. The van der Waals surface area contributed by atoms with Gasteiger partial charge in [0.2, 0.25) is 0 Å². The molecule has 2 aromatic rings. The van der Waals surface area contributed by atoms with Crippen molar-refractivity contribution in [3.05, 3.63) is 35.5 Å². The largest absolute Gasteiger partial charge is 0.493 e. The van der Waals surface area contributed by atoms with Crippen LogP contribution in [0.25, 0.3) is 10.9 Å². The number of nitrogens with zero attached hydrogens (tertiary/aromatic N) is 2. The van der Waals surface area contributed by atoms with Crippen LogP contribution in [0.1, 0.15) is 17.5 Å². The molecule has 5 nitrogen and oxygen atoms in total. The van der Waals surface area contributed by atoms with Gasteiger partial charge >= 0.3 is 0 Å². The average Bonchev–Trinajstić information content (AvgIpc) is 2.54. The van der Waals surface area contributed by atoms with Gasteiger partial charge in [-0.25, -0.2) is 0 Å². The molecule has 4 rings (SSSR count). The molecule has 5 heteroatoms. The fraction of sp³-hybridized carbons (Fsp3) is 0.500. The van der Waals surface area contributed by atoms with Gasteiger partial charge in [0.15, 0.2) is 0 Å². The van der Waals surface area contributed by atoms with Crippen molar-refractivity contribution in [1.29, 1.82) is 0 Å². The van der Waals surface area contributed by atoms with Crippen LogP contribution in [0, 0.1) is 6.92 Å². The van der Waals surface area contributed by atoms with Gasteiger partial charge in [0.25, 0.3) is 0 Å². The highest BCUT2D eigenvalue weighted by Gasteiger charge is 2.32. The number of pyridine rings is 1. The lowest BCUT2D eigenvalue weighted by Crippen LogP contribution is -2.58. The zero-order valence-electron chi connectivity index (χ0n) is 13.7. The summed E-state index contributed by atoms with van der Waals surface area (Å²) in [5.74, 6) is 0.983. The molecule has 1 aromatic carbocycles. The predicted octanol–water partition coefficient (Wildman–Crippen LogP) is 2.07. The van der Waals surface area contributed by atoms with Gasteiger partial charge in [0.1, 0.15) is 12.0 Å². The SMILES string of the molecule is CO[C@@H]1CNCC2CCOc3cc4cc(C)cnc4cc3CN21. The number of ether oxygens (including phenoxy) is 2. The quantitative estimate of drug-likeness (QED) is 0.873. The molecule has 0 saturated carbocycles. The Bertz CT molecular complexity index is 719. The van der Waals surface area contributed by atoms with Crippen molar-refractivity contribution < 1.29 is 9.47 Å². The maximum Gasteiger partial charge on any atom is 0.124 e. The van der Waals surface area contributed by atoms with E-state index in [9.17, 15) is 0 Å². The van der Waals surface area contributed by atoms with E-state index >= 15 is 0 Å². The first-order chi connectivity index (χ1) is 11.2. The van der Waals surface area contributed by atoms with Crippen LogP contribution < -0.4 is 10.1 Å². The average molecular weight is 313 g/mol. The number of aromatic nitrogens is 1. The number of hydrogen-bond donors (Lipinski definition) is 1. The lowest BCUT2D eigenvalue weighted by molar-refractivity contribution is -0.0829. The summed E-state index contributed by atoms with van der Waals surface area (Å²) in [5.41, 5.74) is 3.39. The van der Waals surface area contributed by atoms with Crippen LogP contribution in [0.4, 0.5) is 0 Å². The number of nitrogens with one attached hydrogen (secondary N) is 1. The molecule has 1 saturated heterocycles. The molecular formula is C18H23N3O2. The number of rotatable bonds is 1. The fourth-order valence-corrected chi connectivity index (χ4v) is 3.63. The maximum atomic E-state index is 6.07. The molecule has 0 bridgehead atoms. The lowest BCUT2D eigenvalue weighted by Gasteiger charge is -2.43. The van der Waals surface area contributed by atoms with Gasteiger partial charge in [-0.1, -0.05) is 0 Å². The topological polar surface area (TPSA) is 46.6 Å². The zero-order valence-corrected chi connectivity index (χ0v) is 13.7. The highest BCUT2D eigenvalue weighted by molar-refractivity contribution is 5.81. The third-order valence-electron chi connectivity index (χ3n) is 4.87. The van der Waals surface area contributed by atoms with Crippen LogP contribution in [0.2, 0.25) is 0 Å². The first-order valence-electron chi connectivity index (χ1n) is 8.26. The predicted molar refractivity (Wildman–Crippen MR) is 89.6 cm³/mol. The second-order valence-electron chi connectivity index (χ2n) is 6.48. The summed E-state index contributed by atoms with van der Waals surface area (Å²) in [5, 5.41) is 4.60. The van der Waals surface area contributed by atoms with Crippen LogP contribution in [-0.2, 0) is 11.3 Å². The highest BCUT2D eigenvalue weighted by Crippen LogP contribution is 2.31. The Morgan fingerprint density at radius 3 is 3.09 bits per heavy atom. The summed E-state index contributed by atoms with van der Waals surface area (Å²) in [6, 6.07) is 6.91. The molecule has 0 spiro atoms. The van der Waals surface area contributed by atoms with E-state index in [-0.39, 0.29) is 6.23 Å². The van der Waals surface area contributed by atoms with Gasteiger partial charge < -0.3 is 14.8 Å². The van der Waals surface area contributed by atoms with Crippen LogP contribution in [0.15, 0.2) is 24.4 Å². The van der Waals surface area contributed by atoms with E-state index in [4.69, 9.17) is 9.47 Å². The Morgan fingerprint density at radius 2 is 2.22 bits per heavy atom. The normalized spacial score (nSPS) is 25.1. The van der Waals surface area contributed by atoms with Crippen molar-refractivity contribution in [3.63, 3.8) is 0 Å². The van der Waals surface area contributed by atoms with Gasteiger partial charge in [-0.15, -0.1) is 0 Å². The Kier molecular flexibility index (Phi) is 3.93. The molecule has 2 aliphatic rings. The fourth-order valence-electron chi connectivity index (χ4n) is 3.63. The van der Waals surface area contributed by atoms with Gasteiger partial charge in [-0.3, -0.25) is 9.88 Å². The Hall–Kier alpha value is -1.69. The van der Waals surface area contributed by atoms with Crippen LogP contribution in [-0.4, -0.2) is 49.0 Å². The molecule has 2 atom stereocenters. The molecule has 122 valence electrons. The van der Waals surface area contributed by atoms with Crippen molar-refractivity contribution in [1.82, 2.24) is 15.2 Å². The summed E-state index contributed by atoms with van der Waals surface area (Å²) in [6.07, 6.45) is 3.04. The van der Waals surface area contributed by atoms with E-state index in [1.54, 1.807) is 7.11 Å². The summed E-state index contributed by atoms with van der Waals surface area (Å²) in [6.45, 7) is 5.50. The Balaban J connectivity index is 1.74. The third-order valence-corrected chi connectivity index (χ3v) is 4.87. The molecule has 0 aliphatic carbocycles. The molecule has 1 fully saturated rings. The number of methoxy groups -OCH3 is 1. The van der Waals surface area contributed by atoms with Gasteiger partial charge in [-0.05, 0) is 37.1 Å². The Morgan fingerprint density at radius 1 is 1.30 bits per heavy atom. The third kappa shape index (κ3) is 2.80. The smallest absolute Gasteiger partial charge is 0.124 e. The van der Waals surface area contributed by atoms with Crippen molar-refractivity contribution in [2.45, 2.75) is 32.2 Å². The first kappa shape index (κ1) is 14.9. The van der Waals surface area contributed by atoms with Gasteiger partial charge in [0.05, 0.1) is 12.1 Å². The van der Waals surface area contributed by atoms with Crippen molar-refractivity contribution in [2.75, 3.05) is 26.8 Å². The number of aryl methyl sites for hydroxylation is 1. The molecule has 0 amide bonds. The first-order valence-corrected chi connectivity index (χ1v) is 8.26. The Labute approximate surface area is 136 Å². The van der Waals surface area contributed by atoms with E-state index in [0.717, 1.165) is 49.3 Å². The second-order valence-corrected chi connectivity index (χ2v) is 6.48. The molecule has 1 N–H and O–H groups in total. The minimum Gasteiger partial charge on any atom is -0.493 e. The number of hydrogen-bond acceptors (Lipinski definition) is 5. The van der Waals surface area contributed by atoms with E-state index in [0.29, 0.717) is 6.04 Å². The molecule has 1 aromatic heterocycles. The van der Waals surface area contributed by atoms with E-state index in [1.165, 1.54) is 11.1 Å². The number of benzene rings is 1. The van der Waals surface area contributed by atoms with Crippen LogP contribution in [0.3, 0.4) is 0 Å².